The van der Waals surface area contributed by atoms with Crippen LogP contribution in [0, 0.1) is 0 Å². The van der Waals surface area contributed by atoms with Gasteiger partial charge in [-0.05, 0) is 12.7 Å². The molecule has 0 rings (SSSR count). The Morgan fingerprint density at radius 1 is 1.17 bits per heavy atom. The van der Waals surface area contributed by atoms with Crippen molar-refractivity contribution >= 4 is 73.2 Å². The van der Waals surface area contributed by atoms with Gasteiger partial charge in [-0.25, -0.2) is 0 Å². The van der Waals surface area contributed by atoms with Crippen molar-refractivity contribution < 1.29 is 0 Å². The van der Waals surface area contributed by atoms with E-state index in [1.807, 2.05) is 23.5 Å². The molecule has 0 N–H and O–H groups in total. The van der Waals surface area contributed by atoms with Crippen LogP contribution in [-0.4, -0.2) is 25.6 Å². The maximum Gasteiger partial charge on any atom is 0.0537 e. The molecule has 0 nitrogen and oxygen atoms in total. The molecule has 0 aromatic rings. The third-order valence-electron chi connectivity index (χ3n) is 1.19. The van der Waals surface area contributed by atoms with Crippen LogP contribution in [0.2, 0.25) is 0 Å². The van der Waals surface area contributed by atoms with Crippen molar-refractivity contribution in [3.63, 3.8) is 0 Å². The second kappa shape index (κ2) is 9.65. The molecule has 1 atom stereocenters. The third-order valence-corrected chi connectivity index (χ3v) is 5.90. The van der Waals surface area contributed by atoms with E-state index in [1.165, 1.54) is 0 Å². The molecule has 0 aliphatic carbocycles. The summed E-state index contributed by atoms with van der Waals surface area (Å²) in [6.07, 6.45) is 3.20. The Morgan fingerprint density at radius 2 is 1.67 bits per heavy atom. The zero-order valence-electron chi connectivity index (χ0n) is 6.84. The molecule has 0 aliphatic heterocycles. The fraction of sp³-hybridized carbons (Fsp3) is 1.00. The van der Waals surface area contributed by atoms with Crippen LogP contribution in [0.5, 0.6) is 0 Å². The molecule has 0 spiro atoms. The molecular weight excluding hydrogens is 264 g/mol. The molecule has 74 valence electrons. The highest BCUT2D eigenvalue weighted by Crippen LogP contribution is 2.32. The van der Waals surface area contributed by atoms with Crippen LogP contribution in [0.1, 0.15) is 6.42 Å². The van der Waals surface area contributed by atoms with E-state index in [4.69, 9.17) is 0 Å². The predicted molar refractivity (Wildman–Crippen MR) is 77.6 cm³/mol. The van der Waals surface area contributed by atoms with E-state index in [0.29, 0.717) is 9.16 Å². The number of thioether (sulfide) groups is 3. The molecule has 0 amide bonds. The zero-order valence-corrected chi connectivity index (χ0v) is 12.0. The second-order valence-electron chi connectivity index (χ2n) is 1.95. The van der Waals surface area contributed by atoms with Crippen LogP contribution in [0.25, 0.3) is 0 Å². The minimum atomic E-state index is 0.440. The van der Waals surface area contributed by atoms with Gasteiger partial charge in [0.2, 0.25) is 0 Å². The smallest absolute Gasteiger partial charge is 0.0537 e. The van der Waals surface area contributed by atoms with E-state index in [9.17, 15) is 0 Å². The lowest BCUT2D eigenvalue weighted by atomic mass is 10.5. The van der Waals surface area contributed by atoms with Gasteiger partial charge in [0.1, 0.15) is 0 Å². The van der Waals surface area contributed by atoms with Crippen molar-refractivity contribution in [2.75, 3.05) is 16.4 Å². The van der Waals surface area contributed by atoms with Crippen LogP contribution in [0.15, 0.2) is 0 Å². The maximum atomic E-state index is 4.44. The monoisotopic (exact) mass is 278 g/mol. The molecule has 1 unspecified atom stereocenters. The number of rotatable bonds is 7. The molecular formula is C6H14S6. The van der Waals surface area contributed by atoms with Crippen molar-refractivity contribution in [3.05, 3.63) is 0 Å². The quantitative estimate of drug-likeness (QED) is 0.481. The summed E-state index contributed by atoms with van der Waals surface area (Å²) in [6, 6.07) is 0. The summed E-state index contributed by atoms with van der Waals surface area (Å²) < 4.78 is 1.03. The molecule has 0 aromatic heterocycles. The SMILES string of the molecule is CSC(S)CC(SCS)SCS. The van der Waals surface area contributed by atoms with Gasteiger partial charge in [0.05, 0.1) is 4.58 Å². The van der Waals surface area contributed by atoms with E-state index in [1.54, 1.807) is 11.8 Å². The molecule has 6 heteroatoms. The van der Waals surface area contributed by atoms with Gasteiger partial charge in [-0.1, -0.05) is 0 Å². The lowest BCUT2D eigenvalue weighted by Crippen LogP contribution is -2.04. The van der Waals surface area contributed by atoms with Gasteiger partial charge in [0.25, 0.3) is 0 Å². The molecule has 0 aliphatic rings. The van der Waals surface area contributed by atoms with Crippen molar-refractivity contribution in [2.24, 2.45) is 0 Å². The molecule has 0 fully saturated rings. The highest BCUT2D eigenvalue weighted by Gasteiger charge is 2.12. The number of hydrogen-bond acceptors (Lipinski definition) is 6. The highest BCUT2D eigenvalue weighted by molar-refractivity contribution is 8.23. The summed E-state index contributed by atoms with van der Waals surface area (Å²) in [5, 5.41) is 1.75. The molecule has 0 saturated heterocycles. The summed E-state index contributed by atoms with van der Waals surface area (Å²) in [5.41, 5.74) is 0. The first-order valence-corrected chi connectivity index (χ1v) is 8.57. The lowest BCUT2D eigenvalue weighted by Gasteiger charge is -2.16. The lowest BCUT2D eigenvalue weighted by molar-refractivity contribution is 1.04. The Hall–Kier alpha value is 2.10. The summed E-state index contributed by atoms with van der Waals surface area (Å²) in [6.45, 7) is 0. The largest absolute Gasteiger partial charge is 0.168 e. The second-order valence-corrected chi connectivity index (χ2v) is 8.13. The van der Waals surface area contributed by atoms with Crippen molar-refractivity contribution in [1.82, 2.24) is 0 Å². The van der Waals surface area contributed by atoms with E-state index < -0.39 is 0 Å². The van der Waals surface area contributed by atoms with Gasteiger partial charge in [-0.3, -0.25) is 0 Å². The first-order valence-electron chi connectivity index (χ1n) is 3.40. The fourth-order valence-corrected chi connectivity index (χ4v) is 5.20. The summed E-state index contributed by atoms with van der Waals surface area (Å²) >= 11 is 18.3. The van der Waals surface area contributed by atoms with Crippen LogP contribution < -0.4 is 0 Å². The summed E-state index contributed by atoms with van der Waals surface area (Å²) in [5.74, 6) is 0. The van der Waals surface area contributed by atoms with Gasteiger partial charge < -0.3 is 0 Å². The summed E-state index contributed by atoms with van der Waals surface area (Å²) in [4.78, 5) is 0. The zero-order chi connectivity index (χ0) is 9.40. The third kappa shape index (κ3) is 7.50. The normalized spacial score (nSPS) is 13.8. The molecule has 0 radical (unpaired) electrons. The van der Waals surface area contributed by atoms with Gasteiger partial charge in [-0.2, -0.15) is 49.6 Å². The van der Waals surface area contributed by atoms with E-state index >= 15 is 0 Å². The first kappa shape index (κ1) is 14.1. The number of hydrogen-bond donors (Lipinski definition) is 3. The standard InChI is InChI=1S/C6H14S6/c1-10-5(9)2-6(11-3-7)12-4-8/h5-9H,2-4H2,1H3. The molecule has 12 heavy (non-hydrogen) atoms. The minimum Gasteiger partial charge on any atom is -0.168 e. The number of thiol groups is 3. The maximum absolute atomic E-state index is 4.44. The van der Waals surface area contributed by atoms with Crippen LogP contribution in [0.3, 0.4) is 0 Å². The van der Waals surface area contributed by atoms with Crippen molar-refractivity contribution in [1.29, 1.82) is 0 Å². The van der Waals surface area contributed by atoms with Crippen molar-refractivity contribution in [2.45, 2.75) is 15.6 Å². The van der Waals surface area contributed by atoms with Crippen molar-refractivity contribution in [3.8, 4) is 0 Å². The Bertz CT molecular complexity index is 92.0. The summed E-state index contributed by atoms with van der Waals surface area (Å²) in [7, 11) is 0. The van der Waals surface area contributed by atoms with Crippen LogP contribution in [0.4, 0.5) is 0 Å². The van der Waals surface area contributed by atoms with Gasteiger partial charge in [0.15, 0.2) is 0 Å². The Labute approximate surface area is 104 Å². The molecule has 0 aromatic carbocycles. The highest BCUT2D eigenvalue weighted by atomic mass is 32.2. The van der Waals surface area contributed by atoms with Gasteiger partial charge in [0, 0.05) is 14.8 Å². The Kier molecular flexibility index (Phi) is 11.3. The first-order chi connectivity index (χ1) is 5.74. The Balaban J connectivity index is 3.61. The van der Waals surface area contributed by atoms with Crippen LogP contribution >= 0.6 is 73.2 Å². The molecule has 0 bridgehead atoms. The topological polar surface area (TPSA) is 0 Å². The average molecular weight is 279 g/mol. The van der Waals surface area contributed by atoms with Gasteiger partial charge >= 0.3 is 0 Å². The minimum absolute atomic E-state index is 0.440. The molecule has 0 heterocycles. The Morgan fingerprint density at radius 3 is 2.00 bits per heavy atom. The fourth-order valence-electron chi connectivity index (χ4n) is 0.611. The van der Waals surface area contributed by atoms with E-state index in [0.717, 1.165) is 16.6 Å². The molecule has 0 saturated carbocycles. The van der Waals surface area contributed by atoms with E-state index in [2.05, 4.69) is 44.1 Å². The van der Waals surface area contributed by atoms with E-state index in [-0.39, 0.29) is 0 Å². The average Bonchev–Trinajstić information content (AvgIpc) is 2.05. The van der Waals surface area contributed by atoms with Gasteiger partial charge in [-0.15, -0.1) is 23.5 Å². The van der Waals surface area contributed by atoms with Crippen LogP contribution in [-0.2, 0) is 0 Å². The predicted octanol–water partition coefficient (Wildman–Crippen LogP) is 3.56.